The highest BCUT2D eigenvalue weighted by molar-refractivity contribution is 6.12. The summed E-state index contributed by atoms with van der Waals surface area (Å²) in [6.45, 7) is 6.79. The Morgan fingerprint density at radius 1 is 0.296 bits per heavy atom. The lowest BCUT2D eigenvalue weighted by Gasteiger charge is -2.19. The Balaban J connectivity index is 1.07. The molecule has 0 unspecified atom stereocenters. The predicted molar refractivity (Wildman–Crippen MR) is 230 cm³/mol. The minimum atomic E-state index is 0.128. The summed E-state index contributed by atoms with van der Waals surface area (Å²) in [4.78, 5) is 0. The SMILES string of the molecule is CC(C)(C)c1ccc(-c2cccc(-n3c4ccccc4c4cc(-c5ccc6c(c5)c5ccccc5n6-c5ccc(-c6ccccc6)cc5)ccc43)c2)cc1. The zero-order valence-corrected chi connectivity index (χ0v) is 30.8. The Hall–Kier alpha value is -6.64. The van der Waals surface area contributed by atoms with E-state index in [1.54, 1.807) is 0 Å². The molecule has 0 spiro atoms. The van der Waals surface area contributed by atoms with E-state index in [0.29, 0.717) is 0 Å². The number of nitrogens with zero attached hydrogens (tertiary/aromatic N) is 2. The molecular formula is C52H40N2. The van der Waals surface area contributed by atoms with Crippen LogP contribution < -0.4 is 0 Å². The van der Waals surface area contributed by atoms with Crippen LogP contribution in [0.1, 0.15) is 26.3 Å². The largest absolute Gasteiger partial charge is 0.309 e. The fourth-order valence-electron chi connectivity index (χ4n) is 8.28. The number of para-hydroxylation sites is 2. The van der Waals surface area contributed by atoms with Crippen molar-refractivity contribution in [2.24, 2.45) is 0 Å². The second kappa shape index (κ2) is 12.5. The number of rotatable bonds is 5. The van der Waals surface area contributed by atoms with Gasteiger partial charge in [0.15, 0.2) is 0 Å². The molecule has 0 aliphatic carbocycles. The molecule has 0 saturated heterocycles. The second-order valence-electron chi connectivity index (χ2n) is 15.5. The monoisotopic (exact) mass is 692 g/mol. The van der Waals surface area contributed by atoms with Crippen LogP contribution in [0.15, 0.2) is 188 Å². The van der Waals surface area contributed by atoms with E-state index in [4.69, 9.17) is 0 Å². The van der Waals surface area contributed by atoms with Crippen molar-refractivity contribution in [3.8, 4) is 44.8 Å². The van der Waals surface area contributed by atoms with E-state index in [0.717, 1.165) is 11.4 Å². The molecule has 0 fully saturated rings. The van der Waals surface area contributed by atoms with E-state index in [-0.39, 0.29) is 5.41 Å². The molecule has 0 aliphatic heterocycles. The van der Waals surface area contributed by atoms with Gasteiger partial charge < -0.3 is 9.13 Å². The summed E-state index contributed by atoms with van der Waals surface area (Å²) in [5.41, 5.74) is 16.0. The number of fused-ring (bicyclic) bond motifs is 6. The van der Waals surface area contributed by atoms with Crippen molar-refractivity contribution in [3.05, 3.63) is 194 Å². The Morgan fingerprint density at radius 3 is 1.31 bits per heavy atom. The van der Waals surface area contributed by atoms with Crippen molar-refractivity contribution in [2.45, 2.75) is 26.2 Å². The van der Waals surface area contributed by atoms with Crippen LogP contribution in [0.3, 0.4) is 0 Å². The molecule has 0 N–H and O–H groups in total. The maximum atomic E-state index is 2.42. The van der Waals surface area contributed by atoms with Gasteiger partial charge in [-0.1, -0.05) is 148 Å². The van der Waals surface area contributed by atoms with Gasteiger partial charge in [0, 0.05) is 32.9 Å². The van der Waals surface area contributed by atoms with Gasteiger partial charge in [0.05, 0.1) is 22.1 Å². The van der Waals surface area contributed by atoms with E-state index >= 15 is 0 Å². The summed E-state index contributed by atoms with van der Waals surface area (Å²) in [7, 11) is 0. The molecule has 0 saturated carbocycles. The first kappa shape index (κ1) is 32.0. The third-order valence-corrected chi connectivity index (χ3v) is 11.1. The van der Waals surface area contributed by atoms with Gasteiger partial charge in [-0.2, -0.15) is 0 Å². The van der Waals surface area contributed by atoms with Crippen molar-refractivity contribution < 1.29 is 0 Å². The molecule has 2 heterocycles. The molecule has 2 heteroatoms. The van der Waals surface area contributed by atoms with Gasteiger partial charge >= 0.3 is 0 Å². The Kier molecular flexibility index (Phi) is 7.42. The molecule has 8 aromatic carbocycles. The van der Waals surface area contributed by atoms with Crippen LogP contribution in [-0.4, -0.2) is 9.13 Å². The molecule has 0 atom stereocenters. The fraction of sp³-hybridized carbons (Fsp3) is 0.0769. The van der Waals surface area contributed by atoms with Crippen molar-refractivity contribution >= 4 is 43.6 Å². The molecule has 258 valence electrons. The predicted octanol–water partition coefficient (Wildman–Crippen LogP) is 14.2. The second-order valence-corrected chi connectivity index (χ2v) is 15.5. The Labute approximate surface area is 316 Å². The van der Waals surface area contributed by atoms with Crippen LogP contribution in [0.4, 0.5) is 0 Å². The zero-order chi connectivity index (χ0) is 36.4. The molecule has 10 aromatic rings. The molecule has 2 nitrogen and oxygen atoms in total. The van der Waals surface area contributed by atoms with Gasteiger partial charge in [-0.25, -0.2) is 0 Å². The lowest BCUT2D eigenvalue weighted by Crippen LogP contribution is -2.10. The normalized spacial score (nSPS) is 12.0. The van der Waals surface area contributed by atoms with Crippen LogP contribution in [0, 0.1) is 0 Å². The lowest BCUT2D eigenvalue weighted by molar-refractivity contribution is 0.590. The highest BCUT2D eigenvalue weighted by Gasteiger charge is 2.17. The molecule has 0 aliphatic rings. The summed E-state index contributed by atoms with van der Waals surface area (Å²) in [6, 6.07) is 69.0. The minimum absolute atomic E-state index is 0.128. The average Bonchev–Trinajstić information content (AvgIpc) is 3.73. The van der Waals surface area contributed by atoms with Crippen molar-refractivity contribution in [1.82, 2.24) is 9.13 Å². The maximum Gasteiger partial charge on any atom is 0.0541 e. The van der Waals surface area contributed by atoms with Crippen molar-refractivity contribution in [1.29, 1.82) is 0 Å². The van der Waals surface area contributed by atoms with Crippen molar-refractivity contribution in [3.63, 3.8) is 0 Å². The van der Waals surface area contributed by atoms with Gasteiger partial charge in [0.1, 0.15) is 0 Å². The quantitative estimate of drug-likeness (QED) is 0.170. The smallest absolute Gasteiger partial charge is 0.0541 e. The Morgan fingerprint density at radius 2 is 0.722 bits per heavy atom. The first-order chi connectivity index (χ1) is 26.4. The Bertz CT molecular complexity index is 2990. The first-order valence-electron chi connectivity index (χ1n) is 18.8. The van der Waals surface area contributed by atoms with Crippen LogP contribution in [0.2, 0.25) is 0 Å². The van der Waals surface area contributed by atoms with Gasteiger partial charge in [0.2, 0.25) is 0 Å². The van der Waals surface area contributed by atoms with E-state index in [1.165, 1.54) is 82.6 Å². The molecule has 0 amide bonds. The molecule has 0 radical (unpaired) electrons. The maximum absolute atomic E-state index is 2.42. The highest BCUT2D eigenvalue weighted by atomic mass is 15.0. The summed E-state index contributed by atoms with van der Waals surface area (Å²) in [6.07, 6.45) is 0. The summed E-state index contributed by atoms with van der Waals surface area (Å²) >= 11 is 0. The summed E-state index contributed by atoms with van der Waals surface area (Å²) in [5, 5.41) is 5.02. The standard InChI is InChI=1S/C52H40N2/c1-52(2,3)41-26-20-37(21-27-41)38-14-11-15-43(32-38)54-49-19-10-8-17-45(49)47-34-40(25-31-51(47)54)39-24-30-50-46(33-39)44-16-7-9-18-48(44)53(50)42-28-22-36(23-29-42)35-12-5-4-6-13-35/h4-34H,1-3H3. The number of benzene rings is 8. The molecular weight excluding hydrogens is 653 g/mol. The third kappa shape index (κ3) is 5.33. The average molecular weight is 693 g/mol. The summed E-state index contributed by atoms with van der Waals surface area (Å²) in [5.74, 6) is 0. The van der Waals surface area contributed by atoms with Crippen LogP contribution >= 0.6 is 0 Å². The van der Waals surface area contributed by atoms with E-state index < -0.39 is 0 Å². The zero-order valence-electron chi connectivity index (χ0n) is 30.8. The van der Waals surface area contributed by atoms with E-state index in [2.05, 4.69) is 218 Å². The molecule has 10 rings (SSSR count). The molecule has 2 aromatic heterocycles. The van der Waals surface area contributed by atoms with Crippen LogP contribution in [0.25, 0.3) is 88.4 Å². The first-order valence-corrected chi connectivity index (χ1v) is 18.8. The lowest BCUT2D eigenvalue weighted by atomic mass is 9.86. The van der Waals surface area contributed by atoms with E-state index in [9.17, 15) is 0 Å². The topological polar surface area (TPSA) is 9.86 Å². The van der Waals surface area contributed by atoms with Gasteiger partial charge in [-0.3, -0.25) is 0 Å². The fourth-order valence-corrected chi connectivity index (χ4v) is 8.28. The third-order valence-electron chi connectivity index (χ3n) is 11.1. The van der Waals surface area contributed by atoms with Crippen molar-refractivity contribution in [2.75, 3.05) is 0 Å². The highest BCUT2D eigenvalue weighted by Crippen LogP contribution is 2.39. The van der Waals surface area contributed by atoms with Gasteiger partial charge in [0.25, 0.3) is 0 Å². The van der Waals surface area contributed by atoms with Gasteiger partial charge in [-0.15, -0.1) is 0 Å². The summed E-state index contributed by atoms with van der Waals surface area (Å²) < 4.78 is 4.81. The van der Waals surface area contributed by atoms with E-state index in [1.807, 2.05) is 0 Å². The van der Waals surface area contributed by atoms with Crippen LogP contribution in [0.5, 0.6) is 0 Å². The number of hydrogen-bond donors (Lipinski definition) is 0. The molecule has 54 heavy (non-hydrogen) atoms. The van der Waals surface area contributed by atoms with Crippen LogP contribution in [-0.2, 0) is 5.41 Å². The number of hydrogen-bond acceptors (Lipinski definition) is 0. The molecule has 0 bridgehead atoms. The van der Waals surface area contributed by atoms with Gasteiger partial charge in [-0.05, 0) is 105 Å². The minimum Gasteiger partial charge on any atom is -0.309 e. The number of aromatic nitrogens is 2.